The molecule has 0 saturated carbocycles. The summed E-state index contributed by atoms with van der Waals surface area (Å²) in [6.45, 7) is 6.33. The fourth-order valence-electron chi connectivity index (χ4n) is 9.23. The van der Waals surface area contributed by atoms with Gasteiger partial charge < -0.3 is 14.2 Å². The second-order valence-electron chi connectivity index (χ2n) is 22.0. The molecular formula is C74H124O6. The van der Waals surface area contributed by atoms with Gasteiger partial charge in [-0.15, -0.1) is 0 Å². The quantitative estimate of drug-likeness (QED) is 0.0261. The molecule has 1 unspecified atom stereocenters. The lowest BCUT2D eigenvalue weighted by Crippen LogP contribution is -2.30. The monoisotopic (exact) mass is 1110 g/mol. The molecule has 0 aromatic rings. The summed E-state index contributed by atoms with van der Waals surface area (Å²) in [5, 5.41) is 0. The molecule has 0 amide bonds. The minimum atomic E-state index is -0.800. The Morgan fingerprint density at radius 2 is 0.487 bits per heavy atom. The third-order valence-electron chi connectivity index (χ3n) is 14.2. The van der Waals surface area contributed by atoms with E-state index in [1.54, 1.807) is 0 Å². The summed E-state index contributed by atoms with van der Waals surface area (Å²) in [6.07, 6.45) is 93.8. The molecule has 0 aromatic carbocycles. The van der Waals surface area contributed by atoms with Crippen LogP contribution in [0.4, 0.5) is 0 Å². The van der Waals surface area contributed by atoms with Crippen molar-refractivity contribution in [3.05, 3.63) is 122 Å². The third kappa shape index (κ3) is 64.6. The van der Waals surface area contributed by atoms with Gasteiger partial charge in [0.2, 0.25) is 0 Å². The molecule has 6 heteroatoms. The smallest absolute Gasteiger partial charge is 0.306 e. The van der Waals surface area contributed by atoms with E-state index in [4.69, 9.17) is 14.2 Å². The lowest BCUT2D eigenvalue weighted by Gasteiger charge is -2.18. The number of unbranched alkanes of at least 4 members (excludes halogenated alkanes) is 29. The van der Waals surface area contributed by atoms with Crippen molar-refractivity contribution >= 4 is 17.9 Å². The molecule has 6 nitrogen and oxygen atoms in total. The summed E-state index contributed by atoms with van der Waals surface area (Å²) in [7, 11) is 0. The van der Waals surface area contributed by atoms with Gasteiger partial charge in [-0.2, -0.15) is 0 Å². The molecule has 456 valence electrons. The Hall–Kier alpha value is -4.19. The lowest BCUT2D eigenvalue weighted by molar-refractivity contribution is -0.167. The molecule has 0 radical (unpaired) electrons. The van der Waals surface area contributed by atoms with Gasteiger partial charge >= 0.3 is 17.9 Å². The number of carbonyl (C=O) groups is 3. The Labute approximate surface area is 494 Å². The number of ether oxygens (including phenoxy) is 3. The topological polar surface area (TPSA) is 78.9 Å². The summed E-state index contributed by atoms with van der Waals surface area (Å²) in [4.78, 5) is 38.2. The van der Waals surface area contributed by atoms with E-state index < -0.39 is 6.10 Å². The highest BCUT2D eigenvalue weighted by atomic mass is 16.6. The Bertz CT molecular complexity index is 1650. The van der Waals surface area contributed by atoms with Crippen molar-refractivity contribution < 1.29 is 28.6 Å². The first-order valence-electron chi connectivity index (χ1n) is 33.5. The van der Waals surface area contributed by atoms with Gasteiger partial charge in [-0.05, 0) is 122 Å². The molecule has 0 saturated heterocycles. The lowest BCUT2D eigenvalue weighted by atomic mass is 10.0. The molecule has 0 aliphatic carbocycles. The van der Waals surface area contributed by atoms with Crippen molar-refractivity contribution in [2.45, 2.75) is 316 Å². The van der Waals surface area contributed by atoms with Crippen molar-refractivity contribution in [2.75, 3.05) is 13.2 Å². The van der Waals surface area contributed by atoms with Gasteiger partial charge in [0, 0.05) is 19.3 Å². The van der Waals surface area contributed by atoms with E-state index in [-0.39, 0.29) is 37.5 Å². The number of carbonyl (C=O) groups excluding carboxylic acids is 3. The van der Waals surface area contributed by atoms with Crippen LogP contribution in [0.1, 0.15) is 310 Å². The highest BCUT2D eigenvalue weighted by Gasteiger charge is 2.19. The SMILES string of the molecule is CC/C=C\C/C=C\C/C=C\C/C=C\C/C=C\CCCCCC(=O)OC(COC(=O)CCCCCCC/C=C\CCC)COC(=O)CCCCCCCCCCCCCCCCCCCCCC/C=C\C/C=C\C/C=C\C/C=C\CC. The number of rotatable bonds is 60. The van der Waals surface area contributed by atoms with Crippen LogP contribution in [-0.2, 0) is 28.6 Å². The third-order valence-corrected chi connectivity index (χ3v) is 14.2. The summed E-state index contributed by atoms with van der Waals surface area (Å²) in [6, 6.07) is 0. The largest absolute Gasteiger partial charge is 0.462 e. The Morgan fingerprint density at radius 1 is 0.263 bits per heavy atom. The van der Waals surface area contributed by atoms with Crippen molar-refractivity contribution in [1.29, 1.82) is 0 Å². The maximum absolute atomic E-state index is 12.9. The first-order chi connectivity index (χ1) is 39.5. The Kier molecular flexibility index (Phi) is 63.8. The fourth-order valence-corrected chi connectivity index (χ4v) is 9.23. The van der Waals surface area contributed by atoms with Crippen LogP contribution in [0, 0.1) is 0 Å². The molecular weight excluding hydrogens is 985 g/mol. The van der Waals surface area contributed by atoms with Crippen LogP contribution in [-0.4, -0.2) is 37.2 Å². The van der Waals surface area contributed by atoms with Crippen molar-refractivity contribution in [1.82, 2.24) is 0 Å². The molecule has 0 spiro atoms. The van der Waals surface area contributed by atoms with E-state index in [1.807, 2.05) is 0 Å². The van der Waals surface area contributed by atoms with Crippen LogP contribution in [0.3, 0.4) is 0 Å². The van der Waals surface area contributed by atoms with Gasteiger partial charge in [0.15, 0.2) is 6.10 Å². The fraction of sp³-hybridized carbons (Fsp3) is 0.689. The van der Waals surface area contributed by atoms with E-state index in [1.165, 1.54) is 128 Å². The van der Waals surface area contributed by atoms with Gasteiger partial charge in [0.25, 0.3) is 0 Å². The van der Waals surface area contributed by atoms with Gasteiger partial charge in [-0.1, -0.05) is 290 Å². The zero-order valence-corrected chi connectivity index (χ0v) is 52.3. The van der Waals surface area contributed by atoms with Crippen LogP contribution in [0.15, 0.2) is 122 Å². The summed E-state index contributed by atoms with van der Waals surface area (Å²) < 4.78 is 16.9. The molecule has 1 atom stereocenters. The molecule has 0 rings (SSSR count). The van der Waals surface area contributed by atoms with Crippen molar-refractivity contribution in [3.63, 3.8) is 0 Å². The van der Waals surface area contributed by atoms with Gasteiger partial charge in [0.05, 0.1) is 0 Å². The van der Waals surface area contributed by atoms with E-state index >= 15 is 0 Å². The summed E-state index contributed by atoms with van der Waals surface area (Å²) in [5.41, 5.74) is 0. The predicted molar refractivity (Wildman–Crippen MR) is 348 cm³/mol. The van der Waals surface area contributed by atoms with Crippen LogP contribution in [0.2, 0.25) is 0 Å². The average Bonchev–Trinajstić information content (AvgIpc) is 3.46. The normalized spacial score (nSPS) is 12.9. The number of allylic oxidation sites excluding steroid dienone is 20. The highest BCUT2D eigenvalue weighted by Crippen LogP contribution is 2.17. The van der Waals surface area contributed by atoms with E-state index in [0.717, 1.165) is 141 Å². The average molecular weight is 1110 g/mol. The summed E-state index contributed by atoms with van der Waals surface area (Å²) >= 11 is 0. The van der Waals surface area contributed by atoms with Crippen LogP contribution < -0.4 is 0 Å². The second-order valence-corrected chi connectivity index (χ2v) is 22.0. The highest BCUT2D eigenvalue weighted by molar-refractivity contribution is 5.71. The standard InChI is InChI=1S/C74H124O6/c1-4-7-10-13-16-19-22-24-26-28-30-31-32-33-34-35-36-37-38-39-40-41-42-43-45-46-48-50-52-55-58-61-64-67-73(76)79-70-71(69-78-72(75)66-63-60-57-54-21-18-15-12-9-6-3)80-74(77)68-65-62-59-56-53-51-49-47-44-29-27-25-23-20-17-14-11-8-5-2/h7-8,10-12,15-17,19-20,24-27,30-31,44,47,51,53,71H,4-6,9,13-14,18,21-23,28-29,32-43,45-46,48-50,52,54-70H2,1-3H3/b10-7-,11-8-,15-12-,19-16-,20-17-,26-24-,27-25-,31-30-,47-44-,53-51-. The summed E-state index contributed by atoms with van der Waals surface area (Å²) in [5.74, 6) is -0.930. The maximum Gasteiger partial charge on any atom is 0.306 e. The van der Waals surface area contributed by atoms with E-state index in [9.17, 15) is 14.4 Å². The molecule has 0 N–H and O–H groups in total. The maximum atomic E-state index is 12.9. The molecule has 0 aliphatic heterocycles. The molecule has 0 aromatic heterocycles. The number of esters is 3. The second kappa shape index (κ2) is 67.3. The molecule has 0 heterocycles. The Balaban J connectivity index is 4.16. The molecule has 0 fully saturated rings. The van der Waals surface area contributed by atoms with Crippen LogP contribution >= 0.6 is 0 Å². The van der Waals surface area contributed by atoms with E-state index in [0.29, 0.717) is 12.8 Å². The van der Waals surface area contributed by atoms with Crippen LogP contribution in [0.25, 0.3) is 0 Å². The zero-order valence-electron chi connectivity index (χ0n) is 52.3. The van der Waals surface area contributed by atoms with Crippen molar-refractivity contribution in [3.8, 4) is 0 Å². The first kappa shape index (κ1) is 75.8. The van der Waals surface area contributed by atoms with Crippen LogP contribution in [0.5, 0.6) is 0 Å². The van der Waals surface area contributed by atoms with Crippen molar-refractivity contribution in [2.24, 2.45) is 0 Å². The molecule has 80 heavy (non-hydrogen) atoms. The van der Waals surface area contributed by atoms with Gasteiger partial charge in [-0.3, -0.25) is 14.4 Å². The number of hydrogen-bond donors (Lipinski definition) is 0. The van der Waals surface area contributed by atoms with E-state index in [2.05, 4.69) is 142 Å². The minimum Gasteiger partial charge on any atom is -0.462 e. The molecule has 0 aliphatic rings. The first-order valence-corrected chi connectivity index (χ1v) is 33.5. The Morgan fingerprint density at radius 3 is 0.787 bits per heavy atom. The zero-order chi connectivity index (χ0) is 57.8. The predicted octanol–water partition coefficient (Wildman–Crippen LogP) is 23.2. The minimum absolute atomic E-state index is 0.0933. The van der Waals surface area contributed by atoms with Gasteiger partial charge in [-0.25, -0.2) is 0 Å². The number of hydrogen-bond acceptors (Lipinski definition) is 6. The van der Waals surface area contributed by atoms with Gasteiger partial charge in [0.1, 0.15) is 13.2 Å². The molecule has 0 bridgehead atoms.